The summed E-state index contributed by atoms with van der Waals surface area (Å²) in [6.07, 6.45) is 3.70. The lowest BCUT2D eigenvalue weighted by molar-refractivity contribution is 0.0505. The summed E-state index contributed by atoms with van der Waals surface area (Å²) in [4.78, 5) is 29.7. The van der Waals surface area contributed by atoms with Crippen LogP contribution in [0.3, 0.4) is 0 Å². The van der Waals surface area contributed by atoms with Crippen molar-refractivity contribution >= 4 is 22.7 Å². The Morgan fingerprint density at radius 2 is 2.07 bits per heavy atom. The lowest BCUT2D eigenvalue weighted by Gasteiger charge is -2.23. The maximum Gasteiger partial charge on any atom is 0.408 e. The van der Waals surface area contributed by atoms with Crippen LogP contribution in [0.1, 0.15) is 46.5 Å². The minimum absolute atomic E-state index is 0.0486. The fourth-order valence-electron chi connectivity index (χ4n) is 2.75. The second-order valence-corrected chi connectivity index (χ2v) is 7.42. The maximum atomic E-state index is 13.7. The largest absolute Gasteiger partial charge is 0.444 e. The molecule has 156 valence electrons. The van der Waals surface area contributed by atoms with E-state index in [-0.39, 0.29) is 22.4 Å². The lowest BCUT2D eigenvalue weighted by Crippen LogP contribution is -2.37. The summed E-state index contributed by atoms with van der Waals surface area (Å²) in [5.74, 6) is -0.421. The van der Waals surface area contributed by atoms with E-state index < -0.39 is 35.8 Å². The van der Waals surface area contributed by atoms with Crippen LogP contribution >= 0.6 is 0 Å². The lowest BCUT2D eigenvalue weighted by atomic mass is 10.2. The van der Waals surface area contributed by atoms with Gasteiger partial charge in [0.2, 0.25) is 0 Å². The van der Waals surface area contributed by atoms with Crippen LogP contribution in [0, 0.1) is 5.82 Å². The zero-order valence-electron chi connectivity index (χ0n) is 17.1. The highest BCUT2D eigenvalue weighted by atomic mass is 19.1. The van der Waals surface area contributed by atoms with Gasteiger partial charge in [0, 0.05) is 5.70 Å². The third kappa shape index (κ3) is 5.49. The highest BCUT2D eigenvalue weighted by molar-refractivity contribution is 5.79. The summed E-state index contributed by atoms with van der Waals surface area (Å²) in [6, 6.07) is 2.91. The summed E-state index contributed by atoms with van der Waals surface area (Å²) in [6.45, 7) is 7.70. The van der Waals surface area contributed by atoms with Crippen molar-refractivity contribution in [3.05, 3.63) is 58.4 Å². The summed E-state index contributed by atoms with van der Waals surface area (Å²) in [7, 11) is 0. The summed E-state index contributed by atoms with van der Waals surface area (Å²) in [5, 5.41) is 2.68. The number of fused-ring (bicyclic) bond motifs is 1. The minimum atomic E-state index is -0.819. The average Bonchev–Trinajstić information content (AvgIpc) is 2.60. The first-order valence-electron chi connectivity index (χ1n) is 9.18. The fraction of sp³-hybridized carbons (Fsp3) is 0.381. The number of halogens is 2. The van der Waals surface area contributed by atoms with Crippen LogP contribution in [0.5, 0.6) is 0 Å². The number of nitrogens with one attached hydrogen (secondary N) is 1. The molecule has 0 fully saturated rings. The summed E-state index contributed by atoms with van der Waals surface area (Å²) >= 11 is 0. The van der Waals surface area contributed by atoms with Crippen LogP contribution in [-0.2, 0) is 4.74 Å². The number of amides is 1. The topological polar surface area (TPSA) is 73.2 Å². The molecule has 0 spiro atoms. The van der Waals surface area contributed by atoms with Gasteiger partial charge in [-0.15, -0.1) is 0 Å². The highest BCUT2D eigenvalue weighted by Gasteiger charge is 2.23. The van der Waals surface area contributed by atoms with Crippen molar-refractivity contribution in [3.63, 3.8) is 0 Å². The van der Waals surface area contributed by atoms with Crippen LogP contribution in [0.4, 0.5) is 13.6 Å². The molecule has 0 aliphatic carbocycles. The number of benzene rings is 1. The number of alkyl carbamates (subject to hydrolysis) is 1. The molecule has 0 radical (unpaired) electrons. The zero-order valence-corrected chi connectivity index (χ0v) is 17.1. The molecule has 1 aromatic carbocycles. The van der Waals surface area contributed by atoms with Crippen LogP contribution in [0.2, 0.25) is 0 Å². The smallest absolute Gasteiger partial charge is 0.408 e. The molecule has 0 saturated carbocycles. The molecule has 0 saturated heterocycles. The van der Waals surface area contributed by atoms with Crippen LogP contribution in [0.25, 0.3) is 16.6 Å². The van der Waals surface area contributed by atoms with Gasteiger partial charge in [-0.2, -0.15) is 0 Å². The Labute approximate surface area is 167 Å². The molecule has 0 aliphatic rings. The van der Waals surface area contributed by atoms with Crippen molar-refractivity contribution in [1.29, 1.82) is 0 Å². The number of nitrogens with zero attached hydrogens (tertiary/aromatic N) is 2. The summed E-state index contributed by atoms with van der Waals surface area (Å²) in [5.41, 5.74) is -0.783. The number of hydrogen-bond donors (Lipinski definition) is 1. The normalized spacial score (nSPS) is 13.7. The fourth-order valence-corrected chi connectivity index (χ4v) is 2.75. The van der Waals surface area contributed by atoms with Gasteiger partial charge in [-0.3, -0.25) is 9.36 Å². The van der Waals surface area contributed by atoms with E-state index in [0.29, 0.717) is 0 Å². The first kappa shape index (κ1) is 22.3. The van der Waals surface area contributed by atoms with Crippen molar-refractivity contribution in [2.24, 2.45) is 0 Å². The number of ether oxygens (including phenoxy) is 1. The predicted octanol–water partition coefficient (Wildman–Crippen LogP) is 4.51. The van der Waals surface area contributed by atoms with Crippen molar-refractivity contribution in [3.8, 4) is 0 Å². The highest BCUT2D eigenvalue weighted by Crippen LogP contribution is 2.19. The molecule has 2 aromatic rings. The van der Waals surface area contributed by atoms with Crippen molar-refractivity contribution in [1.82, 2.24) is 14.9 Å². The van der Waals surface area contributed by atoms with Crippen molar-refractivity contribution < 1.29 is 18.3 Å². The first-order chi connectivity index (χ1) is 13.6. The van der Waals surface area contributed by atoms with E-state index in [0.717, 1.165) is 6.07 Å². The van der Waals surface area contributed by atoms with E-state index >= 15 is 0 Å². The Balaban J connectivity index is 2.67. The monoisotopic (exact) mass is 405 g/mol. The molecule has 0 aliphatic heterocycles. The van der Waals surface area contributed by atoms with Gasteiger partial charge < -0.3 is 10.1 Å². The van der Waals surface area contributed by atoms with Gasteiger partial charge in [0.15, 0.2) is 0 Å². The molecular formula is C21H25F2N3O3. The van der Waals surface area contributed by atoms with Crippen LogP contribution in [-0.4, -0.2) is 27.9 Å². The molecule has 29 heavy (non-hydrogen) atoms. The van der Waals surface area contributed by atoms with Gasteiger partial charge in [0.05, 0.1) is 16.9 Å². The molecule has 6 nitrogen and oxygen atoms in total. The van der Waals surface area contributed by atoms with Crippen LogP contribution < -0.4 is 10.9 Å². The average molecular weight is 405 g/mol. The van der Waals surface area contributed by atoms with E-state index in [1.54, 1.807) is 40.7 Å². The third-order valence-corrected chi connectivity index (χ3v) is 3.86. The second-order valence-electron chi connectivity index (χ2n) is 7.42. The van der Waals surface area contributed by atoms with Gasteiger partial charge in [0.1, 0.15) is 23.9 Å². The predicted molar refractivity (Wildman–Crippen MR) is 109 cm³/mol. The maximum absolute atomic E-state index is 13.7. The number of allylic oxidation sites excluding steroid dienone is 4. The van der Waals surface area contributed by atoms with Crippen molar-refractivity contribution in [2.45, 2.75) is 46.3 Å². The molecule has 1 atom stereocenters. The van der Waals surface area contributed by atoms with E-state index in [1.807, 2.05) is 0 Å². The van der Waals surface area contributed by atoms with E-state index in [1.165, 1.54) is 28.9 Å². The quantitative estimate of drug-likeness (QED) is 0.743. The molecule has 2 rings (SSSR count). The number of carbonyl (C=O) groups excluding carboxylic acids is 1. The van der Waals surface area contributed by atoms with Crippen LogP contribution in [0.15, 0.2) is 41.2 Å². The molecule has 1 N–H and O–H groups in total. The third-order valence-electron chi connectivity index (χ3n) is 3.86. The molecule has 8 heteroatoms. The number of aromatic nitrogens is 2. The Hall–Kier alpha value is -3.03. The second kappa shape index (κ2) is 8.98. The van der Waals surface area contributed by atoms with Gasteiger partial charge in [0.25, 0.3) is 5.56 Å². The Bertz CT molecular complexity index is 1020. The molecule has 1 heterocycles. The SMILES string of the molecule is C/C=C\C(=C/CF)n1c([C@H](C)NC(=O)OC(C)(C)C)nc2ccc(F)cc2c1=O. The van der Waals surface area contributed by atoms with E-state index in [2.05, 4.69) is 10.3 Å². The Kier molecular flexibility index (Phi) is 6.89. The molecule has 1 amide bonds. The van der Waals surface area contributed by atoms with E-state index in [9.17, 15) is 18.4 Å². The molecule has 0 unspecified atom stereocenters. The minimum Gasteiger partial charge on any atom is -0.444 e. The van der Waals surface area contributed by atoms with Gasteiger partial charge in [-0.05, 0) is 65.0 Å². The first-order valence-corrected chi connectivity index (χ1v) is 9.18. The van der Waals surface area contributed by atoms with Crippen molar-refractivity contribution in [2.75, 3.05) is 6.67 Å². The standard InChI is InChI=1S/C21H25F2N3O3/c1-6-7-15(10-11-22)26-18(13(2)24-20(28)29-21(3,4)5)25-17-9-8-14(23)12-16(17)19(26)27/h6-10,12-13H,11H2,1-5H3,(H,24,28)/b7-6-,15-10+/t13-/m0/s1. The number of alkyl halides is 1. The number of hydrogen-bond acceptors (Lipinski definition) is 4. The Morgan fingerprint density at radius 1 is 1.38 bits per heavy atom. The molecule has 0 bridgehead atoms. The number of rotatable bonds is 5. The number of carbonyl (C=O) groups is 1. The van der Waals surface area contributed by atoms with E-state index in [4.69, 9.17) is 4.74 Å². The summed E-state index contributed by atoms with van der Waals surface area (Å²) < 4.78 is 33.2. The van der Waals surface area contributed by atoms with Gasteiger partial charge in [-0.25, -0.2) is 18.6 Å². The van der Waals surface area contributed by atoms with Gasteiger partial charge >= 0.3 is 6.09 Å². The molecule has 1 aromatic heterocycles. The molecular weight excluding hydrogens is 380 g/mol. The zero-order chi connectivity index (χ0) is 21.8. The van der Waals surface area contributed by atoms with Gasteiger partial charge in [-0.1, -0.05) is 6.08 Å². The Morgan fingerprint density at radius 3 is 2.66 bits per heavy atom.